The Bertz CT molecular complexity index is 107. The molecule has 49 valence electrons. The molecule has 0 N–H and O–H groups in total. The van der Waals surface area contributed by atoms with Gasteiger partial charge in [0.15, 0.2) is 0 Å². The molecule has 0 nitrogen and oxygen atoms in total. The average molecular weight is 206 g/mol. The predicted molar refractivity (Wildman–Crippen MR) is 26.8 cm³/mol. The Hall–Kier alpha value is -0.0366. The number of allylic oxidation sites excluding steroid dienone is 4. The van der Waals surface area contributed by atoms with Crippen molar-refractivity contribution in [2.24, 2.45) is 0 Å². The van der Waals surface area contributed by atoms with E-state index in [0.717, 1.165) is 6.42 Å². The van der Waals surface area contributed by atoms with Crippen molar-refractivity contribution >= 4 is 0 Å². The van der Waals surface area contributed by atoms with Crippen LogP contribution in [0.5, 0.6) is 0 Å². The Kier molecular flexibility index (Phi) is 6.93. The normalized spacial score (nSPS) is 13.9. The number of hydrogen-bond donors (Lipinski definition) is 0. The van der Waals surface area contributed by atoms with Crippen molar-refractivity contribution in [3.63, 3.8) is 0 Å². The van der Waals surface area contributed by atoms with E-state index in [2.05, 4.69) is 36.5 Å². The molecule has 0 spiro atoms. The molecular weight excluding hydrogens is 199 g/mol. The number of rotatable bonds is 0. The second-order valence-electron chi connectivity index (χ2n) is 1.23. The van der Waals surface area contributed by atoms with Gasteiger partial charge < -0.3 is 0 Å². The minimum atomic E-state index is 0. The molecule has 1 rings (SSSR count). The number of hydrogen-bond acceptors (Lipinski definition) is 0. The molecule has 0 atom stereocenters. The van der Waals surface area contributed by atoms with E-state index in [-0.39, 0.29) is 9.41 Å². The molecule has 1 aliphatic rings. The van der Waals surface area contributed by atoms with Gasteiger partial charge in [-0.3, -0.25) is 9.41 Å². The van der Waals surface area contributed by atoms with Crippen molar-refractivity contribution in [1.82, 2.24) is 0 Å². The summed E-state index contributed by atoms with van der Waals surface area (Å²) in [6.45, 7) is 0. The van der Waals surface area contributed by atoms with Crippen molar-refractivity contribution in [3.05, 3.63) is 22.4 Å². The molecule has 3 heteroatoms. The first kappa shape index (κ1) is 10.9. The van der Waals surface area contributed by atoms with E-state index in [0.29, 0.717) is 0 Å². The molecule has 0 aromatic rings. The van der Waals surface area contributed by atoms with Crippen LogP contribution in [0.2, 0.25) is 0 Å². The summed E-state index contributed by atoms with van der Waals surface area (Å²) in [4.78, 5) is 0. The molecule has 0 aromatic carbocycles. The molecule has 0 amide bonds. The van der Waals surface area contributed by atoms with E-state index in [1.807, 2.05) is 0 Å². The molecule has 0 radical (unpaired) electrons. The molecule has 0 saturated carbocycles. The summed E-state index contributed by atoms with van der Waals surface area (Å²) in [5, 5.41) is 0. The topological polar surface area (TPSA) is 0 Å². The Morgan fingerprint density at radius 1 is 1.38 bits per heavy atom. The maximum atomic E-state index is 2.59. The fourth-order valence-electron chi connectivity index (χ4n) is 0.416. The van der Waals surface area contributed by atoms with Gasteiger partial charge in [-0.05, 0) is 0 Å². The summed E-state index contributed by atoms with van der Waals surface area (Å²) in [6, 6.07) is 0. The van der Waals surface area contributed by atoms with E-state index >= 15 is 0 Å². The summed E-state index contributed by atoms with van der Waals surface area (Å²) in [5.41, 5.74) is 0. The second kappa shape index (κ2) is 5.11. The Morgan fingerprint density at radius 2 is 2.00 bits per heavy atom. The average Bonchev–Trinajstić information content (AvgIpc) is 1.86. The third kappa shape index (κ3) is 3.03. The number of halogens is 2. The summed E-state index contributed by atoms with van der Waals surface area (Å²) >= 11 is 2.59. The first-order valence-electron chi connectivity index (χ1n) is 1.89. The molecule has 0 heterocycles. The molecule has 0 saturated heterocycles. The summed E-state index contributed by atoms with van der Waals surface area (Å²) in [5.74, 6) is 0. The van der Waals surface area contributed by atoms with Crippen LogP contribution in [-0.2, 0) is 18.3 Å². The zero-order valence-electron chi connectivity index (χ0n) is 4.11. The van der Waals surface area contributed by atoms with Crippen LogP contribution in [0.4, 0.5) is 9.41 Å². The fourth-order valence-corrected chi connectivity index (χ4v) is 0.788. The van der Waals surface area contributed by atoms with Gasteiger partial charge in [0.05, 0.1) is 0 Å². The molecule has 1 aliphatic carbocycles. The molecule has 0 aromatic heterocycles. The SMILES string of the molecule is F.F.[Ru][C]1=CC=CC1. The quantitative estimate of drug-likeness (QED) is 0.529. The second-order valence-corrected chi connectivity index (χ2v) is 2.35. The summed E-state index contributed by atoms with van der Waals surface area (Å²) < 4.78 is 1.40. The first-order chi connectivity index (χ1) is 2.89. The van der Waals surface area contributed by atoms with Crippen molar-refractivity contribution in [1.29, 1.82) is 0 Å². The van der Waals surface area contributed by atoms with Crippen LogP contribution in [-0.4, -0.2) is 0 Å². The Labute approximate surface area is 57.1 Å². The van der Waals surface area contributed by atoms with Gasteiger partial charge in [0.1, 0.15) is 0 Å². The Morgan fingerprint density at radius 3 is 2.12 bits per heavy atom. The van der Waals surface area contributed by atoms with Crippen molar-refractivity contribution in [2.45, 2.75) is 6.42 Å². The van der Waals surface area contributed by atoms with Gasteiger partial charge >= 0.3 is 47.1 Å². The zero-order valence-corrected chi connectivity index (χ0v) is 5.85. The van der Waals surface area contributed by atoms with Crippen LogP contribution in [0.1, 0.15) is 6.42 Å². The standard InChI is InChI=1S/C5H5.2FH.Ru/c1-2-4-5-3-1;;;/h1-3H,4H2;2*1H;. The van der Waals surface area contributed by atoms with Gasteiger partial charge in [-0.2, -0.15) is 0 Å². The van der Waals surface area contributed by atoms with Gasteiger partial charge in [-0.15, -0.1) is 0 Å². The van der Waals surface area contributed by atoms with Crippen molar-refractivity contribution in [3.8, 4) is 0 Å². The van der Waals surface area contributed by atoms with E-state index < -0.39 is 0 Å². The van der Waals surface area contributed by atoms with Crippen molar-refractivity contribution < 1.29 is 27.7 Å². The van der Waals surface area contributed by atoms with Gasteiger partial charge in [0.25, 0.3) is 0 Å². The molecular formula is C5H7F2Ru. The van der Waals surface area contributed by atoms with Crippen LogP contribution < -0.4 is 0 Å². The molecule has 8 heavy (non-hydrogen) atoms. The van der Waals surface area contributed by atoms with Gasteiger partial charge in [0, 0.05) is 0 Å². The zero-order chi connectivity index (χ0) is 4.41. The minimum absolute atomic E-state index is 0. The van der Waals surface area contributed by atoms with Gasteiger partial charge in [-0.25, -0.2) is 0 Å². The van der Waals surface area contributed by atoms with Crippen LogP contribution in [0, 0.1) is 0 Å². The van der Waals surface area contributed by atoms with Crippen molar-refractivity contribution in [2.75, 3.05) is 0 Å². The monoisotopic (exact) mass is 207 g/mol. The van der Waals surface area contributed by atoms with Gasteiger partial charge in [0.2, 0.25) is 0 Å². The third-order valence-corrected chi connectivity index (χ3v) is 1.36. The van der Waals surface area contributed by atoms with Crippen LogP contribution in [0.3, 0.4) is 0 Å². The van der Waals surface area contributed by atoms with E-state index in [4.69, 9.17) is 0 Å². The van der Waals surface area contributed by atoms with E-state index in [9.17, 15) is 0 Å². The van der Waals surface area contributed by atoms with E-state index in [1.165, 1.54) is 4.17 Å². The summed E-state index contributed by atoms with van der Waals surface area (Å²) in [7, 11) is 0. The summed E-state index contributed by atoms with van der Waals surface area (Å²) in [6.07, 6.45) is 7.46. The van der Waals surface area contributed by atoms with Crippen LogP contribution >= 0.6 is 0 Å². The van der Waals surface area contributed by atoms with Crippen LogP contribution in [0.15, 0.2) is 22.4 Å². The van der Waals surface area contributed by atoms with Gasteiger partial charge in [-0.1, -0.05) is 0 Å². The fraction of sp³-hybridized carbons (Fsp3) is 0.200. The molecule has 0 fully saturated rings. The first-order valence-corrected chi connectivity index (χ1v) is 2.76. The Balaban J connectivity index is 0. The third-order valence-electron chi connectivity index (χ3n) is 0.717. The predicted octanol–water partition coefficient (Wildman–Crippen LogP) is 1.68. The molecule has 0 unspecified atom stereocenters. The van der Waals surface area contributed by atoms with E-state index in [1.54, 1.807) is 0 Å². The molecule has 0 bridgehead atoms. The maximum absolute atomic E-state index is 2.59. The molecule has 0 aliphatic heterocycles. The van der Waals surface area contributed by atoms with Crippen LogP contribution in [0.25, 0.3) is 0 Å².